The number of hydrogen-bond donors (Lipinski definition) is 2. The number of thiocarbonyl (C=S) groups is 1. The SMILES string of the molecule is NC1N(c2ccccc2)C(=S)N(O)C12CCCCC2. The van der Waals surface area contributed by atoms with Crippen LogP contribution in [0.5, 0.6) is 0 Å². The minimum absolute atomic E-state index is 0.285. The molecule has 1 saturated carbocycles. The molecule has 4 nitrogen and oxygen atoms in total. The summed E-state index contributed by atoms with van der Waals surface area (Å²) in [5, 5.41) is 12.1. The van der Waals surface area contributed by atoms with Crippen LogP contribution in [0.2, 0.25) is 0 Å². The molecule has 5 heteroatoms. The average molecular weight is 277 g/mol. The van der Waals surface area contributed by atoms with Crippen LogP contribution < -0.4 is 10.6 Å². The van der Waals surface area contributed by atoms with Crippen molar-refractivity contribution >= 4 is 23.0 Å². The minimum atomic E-state index is -0.412. The maximum absolute atomic E-state index is 10.4. The van der Waals surface area contributed by atoms with Gasteiger partial charge in [0, 0.05) is 5.69 Å². The number of hydroxylamine groups is 2. The monoisotopic (exact) mass is 277 g/mol. The van der Waals surface area contributed by atoms with Crippen molar-refractivity contribution in [1.29, 1.82) is 0 Å². The molecule has 1 aromatic rings. The topological polar surface area (TPSA) is 52.7 Å². The Bertz CT molecular complexity index is 473. The molecule has 3 rings (SSSR count). The second-order valence-electron chi connectivity index (χ2n) is 5.41. The first kappa shape index (κ1) is 12.8. The van der Waals surface area contributed by atoms with E-state index in [1.807, 2.05) is 35.2 Å². The fourth-order valence-corrected chi connectivity index (χ4v) is 3.71. The van der Waals surface area contributed by atoms with Gasteiger partial charge in [-0.1, -0.05) is 37.5 Å². The molecular formula is C14H19N3OS. The summed E-state index contributed by atoms with van der Waals surface area (Å²) in [5.41, 5.74) is 6.97. The Labute approximate surface area is 118 Å². The van der Waals surface area contributed by atoms with E-state index in [4.69, 9.17) is 18.0 Å². The van der Waals surface area contributed by atoms with E-state index in [1.165, 1.54) is 11.5 Å². The van der Waals surface area contributed by atoms with Crippen molar-refractivity contribution < 1.29 is 5.21 Å². The lowest BCUT2D eigenvalue weighted by Gasteiger charge is -2.40. The van der Waals surface area contributed by atoms with Crippen molar-refractivity contribution in [3.05, 3.63) is 30.3 Å². The Balaban J connectivity index is 1.98. The molecule has 0 radical (unpaired) electrons. The number of rotatable bonds is 1. The molecular weight excluding hydrogens is 258 g/mol. The standard InChI is InChI=1S/C14H19N3OS/c15-12-14(9-5-2-6-10-14)17(18)13(19)16(12)11-7-3-1-4-8-11/h1,3-4,7-8,12,18H,2,5-6,9-10,15H2. The van der Waals surface area contributed by atoms with Gasteiger partial charge >= 0.3 is 0 Å². The molecule has 1 spiro atoms. The van der Waals surface area contributed by atoms with Crippen molar-refractivity contribution in [3.8, 4) is 0 Å². The molecule has 2 aliphatic rings. The van der Waals surface area contributed by atoms with Crippen LogP contribution in [0.25, 0.3) is 0 Å². The van der Waals surface area contributed by atoms with E-state index in [1.54, 1.807) is 0 Å². The lowest BCUT2D eigenvalue weighted by atomic mass is 9.80. The van der Waals surface area contributed by atoms with Crippen LogP contribution in [-0.4, -0.2) is 27.1 Å². The van der Waals surface area contributed by atoms with Gasteiger partial charge in [0.2, 0.25) is 5.11 Å². The van der Waals surface area contributed by atoms with Gasteiger partial charge in [-0.3, -0.25) is 10.1 Å². The summed E-state index contributed by atoms with van der Waals surface area (Å²) in [5.74, 6) is 0. The van der Waals surface area contributed by atoms with Gasteiger partial charge in [-0.15, -0.1) is 0 Å². The van der Waals surface area contributed by atoms with Crippen molar-refractivity contribution in [1.82, 2.24) is 5.06 Å². The average Bonchev–Trinajstić information content (AvgIpc) is 2.63. The first-order valence-corrected chi connectivity index (χ1v) is 7.20. The molecule has 2 fully saturated rings. The second-order valence-corrected chi connectivity index (χ2v) is 5.77. The van der Waals surface area contributed by atoms with E-state index in [2.05, 4.69) is 0 Å². The van der Waals surface area contributed by atoms with Crippen molar-refractivity contribution in [2.45, 2.75) is 43.8 Å². The molecule has 1 aliphatic carbocycles. The summed E-state index contributed by atoms with van der Waals surface area (Å²) >= 11 is 5.40. The van der Waals surface area contributed by atoms with Crippen LogP contribution >= 0.6 is 12.2 Å². The Morgan fingerprint density at radius 3 is 2.42 bits per heavy atom. The molecule has 1 heterocycles. The smallest absolute Gasteiger partial charge is 0.202 e. The first-order chi connectivity index (χ1) is 9.17. The quantitative estimate of drug-likeness (QED) is 0.772. The lowest BCUT2D eigenvalue weighted by molar-refractivity contribution is -0.112. The molecule has 3 N–H and O–H groups in total. The molecule has 1 aliphatic heterocycles. The third kappa shape index (κ3) is 1.84. The van der Waals surface area contributed by atoms with Gasteiger partial charge in [0.25, 0.3) is 0 Å². The van der Waals surface area contributed by atoms with Gasteiger partial charge in [-0.2, -0.15) is 0 Å². The first-order valence-electron chi connectivity index (χ1n) is 6.80. The zero-order chi connectivity index (χ0) is 13.5. The number of nitrogens with two attached hydrogens (primary N) is 1. The molecule has 0 amide bonds. The number of hydrogen-bond acceptors (Lipinski definition) is 3. The predicted molar refractivity (Wildman–Crippen MR) is 78.9 cm³/mol. The van der Waals surface area contributed by atoms with Crippen LogP contribution in [0.1, 0.15) is 32.1 Å². The fraction of sp³-hybridized carbons (Fsp3) is 0.500. The molecule has 1 saturated heterocycles. The summed E-state index contributed by atoms with van der Waals surface area (Å²) in [6, 6.07) is 9.82. The maximum atomic E-state index is 10.4. The highest BCUT2D eigenvalue weighted by atomic mass is 32.1. The normalized spacial score (nSPS) is 26.2. The number of nitrogens with zero attached hydrogens (tertiary/aromatic N) is 2. The van der Waals surface area contributed by atoms with Crippen molar-refractivity contribution in [3.63, 3.8) is 0 Å². The van der Waals surface area contributed by atoms with Gasteiger partial charge < -0.3 is 5.73 Å². The molecule has 102 valence electrons. The van der Waals surface area contributed by atoms with E-state index >= 15 is 0 Å². The van der Waals surface area contributed by atoms with Crippen molar-refractivity contribution in [2.24, 2.45) is 5.73 Å². The number of para-hydroxylation sites is 1. The molecule has 1 atom stereocenters. The molecule has 1 unspecified atom stereocenters. The van der Waals surface area contributed by atoms with Crippen LogP contribution in [0, 0.1) is 0 Å². The largest absolute Gasteiger partial charge is 0.309 e. The highest BCUT2D eigenvalue weighted by molar-refractivity contribution is 7.80. The Hall–Kier alpha value is -1.17. The zero-order valence-electron chi connectivity index (χ0n) is 10.8. The van der Waals surface area contributed by atoms with Crippen LogP contribution in [0.15, 0.2) is 30.3 Å². The van der Waals surface area contributed by atoms with E-state index < -0.39 is 5.54 Å². The van der Waals surface area contributed by atoms with Gasteiger partial charge in [0.1, 0.15) is 11.7 Å². The highest BCUT2D eigenvalue weighted by Gasteiger charge is 2.54. The van der Waals surface area contributed by atoms with Gasteiger partial charge in [0.05, 0.1) is 0 Å². The Morgan fingerprint density at radius 1 is 1.16 bits per heavy atom. The van der Waals surface area contributed by atoms with Crippen LogP contribution in [-0.2, 0) is 0 Å². The van der Waals surface area contributed by atoms with Gasteiger partial charge in [-0.25, -0.2) is 5.06 Å². The summed E-state index contributed by atoms with van der Waals surface area (Å²) in [6.45, 7) is 0. The fourth-order valence-electron chi connectivity index (χ4n) is 3.31. The molecule has 1 aromatic carbocycles. The van der Waals surface area contributed by atoms with Gasteiger partial charge in [0.15, 0.2) is 0 Å². The Kier molecular flexibility index (Phi) is 3.20. The number of anilines is 1. The third-order valence-corrected chi connectivity index (χ3v) is 4.76. The van der Waals surface area contributed by atoms with E-state index in [0.717, 1.165) is 31.4 Å². The summed E-state index contributed by atoms with van der Waals surface area (Å²) < 4.78 is 0. The molecule has 0 bridgehead atoms. The third-order valence-electron chi connectivity index (χ3n) is 4.39. The predicted octanol–water partition coefficient (Wildman–Crippen LogP) is 2.47. The van der Waals surface area contributed by atoms with E-state index in [0.29, 0.717) is 5.11 Å². The molecule has 0 aromatic heterocycles. The summed E-state index contributed by atoms with van der Waals surface area (Å²) in [4.78, 5) is 1.88. The highest BCUT2D eigenvalue weighted by Crippen LogP contribution is 2.42. The van der Waals surface area contributed by atoms with Gasteiger partial charge in [-0.05, 0) is 37.2 Å². The lowest BCUT2D eigenvalue weighted by Crippen LogP contribution is -2.56. The Morgan fingerprint density at radius 2 is 1.79 bits per heavy atom. The molecule has 19 heavy (non-hydrogen) atoms. The van der Waals surface area contributed by atoms with E-state index in [-0.39, 0.29) is 6.17 Å². The minimum Gasteiger partial charge on any atom is -0.309 e. The second kappa shape index (κ2) is 4.74. The van der Waals surface area contributed by atoms with Crippen molar-refractivity contribution in [2.75, 3.05) is 4.90 Å². The summed E-state index contributed by atoms with van der Waals surface area (Å²) in [6.07, 6.45) is 4.90. The van der Waals surface area contributed by atoms with E-state index in [9.17, 15) is 5.21 Å². The van der Waals surface area contributed by atoms with Crippen LogP contribution in [0.4, 0.5) is 5.69 Å². The van der Waals surface area contributed by atoms with Crippen LogP contribution in [0.3, 0.4) is 0 Å². The number of benzene rings is 1. The summed E-state index contributed by atoms with van der Waals surface area (Å²) in [7, 11) is 0. The zero-order valence-corrected chi connectivity index (χ0v) is 11.6. The maximum Gasteiger partial charge on any atom is 0.202 e.